The van der Waals surface area contributed by atoms with Crippen molar-refractivity contribution < 1.29 is 0 Å². The minimum Gasteiger partial charge on any atom is -0.0983 e. The Balaban J connectivity index is 1.50. The molecule has 0 radical (unpaired) electrons. The summed E-state index contributed by atoms with van der Waals surface area (Å²) in [5.41, 5.74) is 12.9. The van der Waals surface area contributed by atoms with Crippen LogP contribution in [0.2, 0.25) is 0 Å². The summed E-state index contributed by atoms with van der Waals surface area (Å²) in [6, 6.07) is 16.3. The summed E-state index contributed by atoms with van der Waals surface area (Å²) >= 11 is 2.01. The Morgan fingerprint density at radius 1 is 0.909 bits per heavy atom. The van der Waals surface area contributed by atoms with Crippen molar-refractivity contribution in [2.45, 2.75) is 65.8 Å². The van der Waals surface area contributed by atoms with Crippen molar-refractivity contribution in [3.05, 3.63) is 97.0 Å². The third kappa shape index (κ3) is 3.86. The van der Waals surface area contributed by atoms with E-state index in [0.29, 0.717) is 11.5 Å². The van der Waals surface area contributed by atoms with Crippen LogP contribution < -0.4 is 0 Å². The molecule has 3 aliphatic rings. The first-order valence-corrected chi connectivity index (χ1v) is 14.7. The van der Waals surface area contributed by atoms with Crippen LogP contribution in [0.4, 0.5) is 0 Å². The average Bonchev–Trinajstić information content (AvgIpc) is 3.39. The molecule has 5 rings (SSSR count). The number of hydrogen-bond donors (Lipinski definition) is 0. The van der Waals surface area contributed by atoms with Gasteiger partial charge in [0.05, 0.1) is 9.52 Å². The number of hydrogen-bond acceptors (Lipinski definition) is 1. The van der Waals surface area contributed by atoms with Crippen LogP contribution in [0.5, 0.6) is 0 Å². The highest BCUT2D eigenvalue weighted by molar-refractivity contribution is 8.07. The molecule has 2 aliphatic carbocycles. The molecule has 0 spiro atoms. The van der Waals surface area contributed by atoms with E-state index in [0.717, 1.165) is 6.42 Å². The van der Waals surface area contributed by atoms with E-state index in [4.69, 9.17) is 0 Å². The minimum absolute atomic E-state index is 0.188. The van der Waals surface area contributed by atoms with Crippen molar-refractivity contribution >= 4 is 27.4 Å². The van der Waals surface area contributed by atoms with E-state index in [1.807, 2.05) is 11.8 Å². The van der Waals surface area contributed by atoms with Crippen LogP contribution in [-0.4, -0.2) is 9.52 Å². The molecule has 2 aromatic rings. The van der Waals surface area contributed by atoms with Gasteiger partial charge in [-0.3, -0.25) is 0 Å². The van der Waals surface area contributed by atoms with Gasteiger partial charge in [-0.1, -0.05) is 116 Å². The molecule has 0 saturated carbocycles. The molecule has 0 N–H and O–H groups in total. The molecule has 0 bridgehead atoms. The predicted octanol–water partition coefficient (Wildman–Crippen LogP) is 8.50. The van der Waals surface area contributed by atoms with Crippen molar-refractivity contribution in [3.8, 4) is 11.1 Å². The number of allylic oxidation sites excluding steroid dienone is 7. The van der Waals surface area contributed by atoms with Gasteiger partial charge in [-0.25, -0.2) is 0 Å². The van der Waals surface area contributed by atoms with Gasteiger partial charge in [0.15, 0.2) is 0 Å². The quantitative estimate of drug-likeness (QED) is 0.405. The Kier molecular flexibility index (Phi) is 5.74. The second-order valence-corrected chi connectivity index (χ2v) is 14.3. The molecule has 2 unspecified atom stereocenters. The summed E-state index contributed by atoms with van der Waals surface area (Å²) in [6.45, 7) is 16.2. The Bertz CT molecular complexity index is 1240. The van der Waals surface area contributed by atoms with Crippen molar-refractivity contribution in [1.82, 2.24) is 0 Å². The largest absolute Gasteiger partial charge is 0.0983 e. The molecule has 1 heterocycles. The monoisotopic (exact) mass is 468 g/mol. The average molecular weight is 469 g/mol. The van der Waals surface area contributed by atoms with E-state index >= 15 is 0 Å². The number of fused-ring (bicyclic) bond motifs is 2. The van der Waals surface area contributed by atoms with Crippen molar-refractivity contribution in [3.63, 3.8) is 0 Å². The zero-order chi connectivity index (χ0) is 23.5. The second-order valence-electron chi connectivity index (χ2n) is 11.0. The highest BCUT2D eigenvalue weighted by atomic mass is 32.2. The maximum absolute atomic E-state index is 2.57. The molecule has 2 atom stereocenters. The molecule has 0 amide bonds. The molecular formula is C31H36SSi. The van der Waals surface area contributed by atoms with Crippen molar-refractivity contribution in [2.24, 2.45) is 5.92 Å². The zero-order valence-electron chi connectivity index (χ0n) is 21.2. The third-order valence-corrected chi connectivity index (χ3v) is 11.8. The van der Waals surface area contributed by atoms with E-state index in [1.54, 1.807) is 32.4 Å². The first-order valence-electron chi connectivity index (χ1n) is 12.4. The van der Waals surface area contributed by atoms with Crippen LogP contribution >= 0.6 is 11.8 Å². The fraction of sp³-hybridized carbons (Fsp3) is 0.355. The van der Waals surface area contributed by atoms with E-state index in [1.165, 1.54) is 27.2 Å². The van der Waals surface area contributed by atoms with E-state index in [2.05, 4.69) is 103 Å². The zero-order valence-corrected chi connectivity index (χ0v) is 23.4. The summed E-state index contributed by atoms with van der Waals surface area (Å²) in [7, 11) is -0.451. The van der Waals surface area contributed by atoms with E-state index in [9.17, 15) is 0 Å². The Morgan fingerprint density at radius 2 is 1.64 bits per heavy atom. The molecule has 0 aromatic heterocycles. The van der Waals surface area contributed by atoms with Gasteiger partial charge in [0.2, 0.25) is 0 Å². The predicted molar refractivity (Wildman–Crippen MR) is 150 cm³/mol. The Hall–Kier alpha value is -2.03. The first-order chi connectivity index (χ1) is 15.7. The SMILES string of the molecule is CCC1=Cc2c(-c3ccc(C(C)(C)C)cc3)cccc2C1[SiH2]C1=C(C)C2C(=C1)SC(C)=C2C. The molecular weight excluding hydrogens is 432 g/mol. The second kappa shape index (κ2) is 8.32. The fourth-order valence-corrected chi connectivity index (χ4v) is 9.82. The number of benzene rings is 2. The van der Waals surface area contributed by atoms with Gasteiger partial charge in [-0.2, -0.15) is 0 Å². The van der Waals surface area contributed by atoms with Crippen LogP contribution in [0, 0.1) is 5.92 Å². The van der Waals surface area contributed by atoms with E-state index < -0.39 is 9.52 Å². The van der Waals surface area contributed by atoms with Crippen LogP contribution in [0.15, 0.2) is 80.3 Å². The van der Waals surface area contributed by atoms with Gasteiger partial charge in [0.25, 0.3) is 0 Å². The summed E-state index contributed by atoms with van der Waals surface area (Å²) in [4.78, 5) is 3.09. The lowest BCUT2D eigenvalue weighted by Gasteiger charge is -2.20. The van der Waals surface area contributed by atoms with Crippen molar-refractivity contribution in [2.75, 3.05) is 0 Å². The number of rotatable bonds is 4. The molecule has 0 saturated heterocycles. The van der Waals surface area contributed by atoms with Gasteiger partial charge in [0, 0.05) is 10.8 Å². The lowest BCUT2D eigenvalue weighted by Crippen LogP contribution is -2.12. The molecule has 1 aliphatic heterocycles. The molecule has 0 fully saturated rings. The molecule has 2 aromatic carbocycles. The van der Waals surface area contributed by atoms with Gasteiger partial charge >= 0.3 is 0 Å². The summed E-state index contributed by atoms with van der Waals surface area (Å²) in [5.74, 6) is 0.583. The lowest BCUT2D eigenvalue weighted by molar-refractivity contribution is 0.590. The minimum atomic E-state index is -0.451. The molecule has 33 heavy (non-hydrogen) atoms. The van der Waals surface area contributed by atoms with Crippen LogP contribution in [0.1, 0.15) is 77.1 Å². The van der Waals surface area contributed by atoms with E-state index in [-0.39, 0.29) is 5.41 Å². The lowest BCUT2D eigenvalue weighted by atomic mass is 9.86. The third-order valence-electron chi connectivity index (χ3n) is 7.99. The van der Waals surface area contributed by atoms with Gasteiger partial charge in [0.1, 0.15) is 0 Å². The Labute approximate surface area is 206 Å². The topological polar surface area (TPSA) is 0 Å². The molecule has 170 valence electrons. The van der Waals surface area contributed by atoms with Gasteiger partial charge in [-0.15, -0.1) is 0 Å². The highest BCUT2D eigenvalue weighted by Crippen LogP contribution is 2.53. The maximum atomic E-state index is 2.57. The van der Waals surface area contributed by atoms with Crippen molar-refractivity contribution in [1.29, 1.82) is 0 Å². The molecule has 2 heteroatoms. The smallest absolute Gasteiger partial charge is 0.0675 e. The number of thioether (sulfide) groups is 1. The summed E-state index contributed by atoms with van der Waals surface area (Å²) in [6.07, 6.45) is 6.24. The maximum Gasteiger partial charge on any atom is 0.0675 e. The first kappa shape index (κ1) is 22.7. The normalized spacial score (nSPS) is 22.4. The standard InChI is InChI=1S/C31H36SSi/c1-8-21-16-26-24(22-12-14-23(15-13-22)31(5,6)7)10-9-11-25(26)30(21)33-28-17-27-29(19(28)3)18(2)20(4)32-27/h9-17,29-30H,8,33H2,1-7H3. The van der Waals surface area contributed by atoms with Crippen LogP contribution in [0.25, 0.3) is 17.2 Å². The fourth-order valence-electron chi connectivity index (χ4n) is 5.82. The Morgan fingerprint density at radius 3 is 2.27 bits per heavy atom. The highest BCUT2D eigenvalue weighted by Gasteiger charge is 2.35. The van der Waals surface area contributed by atoms with Crippen LogP contribution in [0.3, 0.4) is 0 Å². The van der Waals surface area contributed by atoms with Crippen LogP contribution in [-0.2, 0) is 5.41 Å². The van der Waals surface area contributed by atoms with Gasteiger partial charge in [-0.05, 0) is 70.9 Å². The summed E-state index contributed by atoms with van der Waals surface area (Å²) < 4.78 is 0. The van der Waals surface area contributed by atoms with Gasteiger partial charge < -0.3 is 0 Å². The summed E-state index contributed by atoms with van der Waals surface area (Å²) in [5, 5.41) is 1.70. The molecule has 0 nitrogen and oxygen atoms in total.